The maximum absolute atomic E-state index is 10.4. The van der Waals surface area contributed by atoms with E-state index in [1.807, 2.05) is 0 Å². The minimum Gasteiger partial charge on any atom is -0.388 e. The van der Waals surface area contributed by atoms with Gasteiger partial charge in [0, 0.05) is 0 Å². The van der Waals surface area contributed by atoms with Crippen LogP contribution in [0.1, 0.15) is 61.5 Å². The van der Waals surface area contributed by atoms with Crippen molar-refractivity contribution in [3.05, 3.63) is 34.4 Å². The molecule has 1 aromatic carbocycles. The molecule has 17 heavy (non-hydrogen) atoms. The monoisotopic (exact) mass is 234 g/mol. The van der Waals surface area contributed by atoms with Crippen LogP contribution < -0.4 is 0 Å². The predicted octanol–water partition coefficient (Wildman–Crippen LogP) is 4.47. The average molecular weight is 234 g/mol. The normalized spacial score (nSPS) is 14.7. The number of aliphatic hydroxyl groups excluding tert-OH is 1. The molecule has 1 heteroatoms. The van der Waals surface area contributed by atoms with Gasteiger partial charge in [-0.1, -0.05) is 44.4 Å². The fourth-order valence-corrected chi connectivity index (χ4v) is 2.83. The van der Waals surface area contributed by atoms with Gasteiger partial charge in [0.05, 0.1) is 6.10 Å². The molecule has 0 aliphatic heterocycles. The Hall–Kier alpha value is -0.820. The van der Waals surface area contributed by atoms with Gasteiger partial charge in [0.2, 0.25) is 0 Å². The van der Waals surface area contributed by atoms with Crippen LogP contribution in [0, 0.1) is 26.7 Å². The number of benzene rings is 1. The highest BCUT2D eigenvalue weighted by atomic mass is 16.3. The van der Waals surface area contributed by atoms with Gasteiger partial charge >= 0.3 is 0 Å². The lowest BCUT2D eigenvalue weighted by molar-refractivity contribution is 0.144. The predicted molar refractivity (Wildman–Crippen MR) is 74.3 cm³/mol. The minimum absolute atomic E-state index is 0.308. The van der Waals surface area contributed by atoms with Crippen LogP contribution in [0.15, 0.2) is 12.1 Å². The second kappa shape index (κ2) is 6.20. The van der Waals surface area contributed by atoms with Crippen LogP contribution >= 0.6 is 0 Å². The van der Waals surface area contributed by atoms with Crippen LogP contribution in [-0.4, -0.2) is 5.11 Å². The summed E-state index contributed by atoms with van der Waals surface area (Å²) in [5.41, 5.74) is 4.86. The highest BCUT2D eigenvalue weighted by Gasteiger charge is 2.16. The molecule has 2 atom stereocenters. The van der Waals surface area contributed by atoms with Gasteiger partial charge in [-0.05, 0) is 49.8 Å². The molecule has 1 rings (SSSR count). The van der Waals surface area contributed by atoms with Crippen molar-refractivity contribution in [2.75, 3.05) is 0 Å². The van der Waals surface area contributed by atoms with Crippen molar-refractivity contribution in [2.24, 2.45) is 5.92 Å². The third kappa shape index (κ3) is 3.85. The van der Waals surface area contributed by atoms with Crippen molar-refractivity contribution in [1.82, 2.24) is 0 Å². The number of aliphatic hydroxyl groups is 1. The van der Waals surface area contributed by atoms with Crippen LogP contribution in [-0.2, 0) is 0 Å². The first-order valence-corrected chi connectivity index (χ1v) is 6.71. The van der Waals surface area contributed by atoms with Crippen molar-refractivity contribution >= 4 is 0 Å². The van der Waals surface area contributed by atoms with Gasteiger partial charge in [-0.25, -0.2) is 0 Å². The summed E-state index contributed by atoms with van der Waals surface area (Å²) in [6.45, 7) is 10.7. The van der Waals surface area contributed by atoms with Gasteiger partial charge in [0.25, 0.3) is 0 Å². The zero-order valence-electron chi connectivity index (χ0n) is 11.9. The molecule has 0 saturated heterocycles. The van der Waals surface area contributed by atoms with E-state index in [2.05, 4.69) is 46.8 Å². The number of hydrogen-bond acceptors (Lipinski definition) is 1. The quantitative estimate of drug-likeness (QED) is 0.797. The standard InChI is InChI=1S/C16H26O/c1-6-7-11(2)10-15(17)16-13(4)8-12(3)9-14(16)5/h8-9,11,15,17H,6-7,10H2,1-5H3. The lowest BCUT2D eigenvalue weighted by Crippen LogP contribution is -2.08. The van der Waals surface area contributed by atoms with Crippen molar-refractivity contribution < 1.29 is 5.11 Å². The van der Waals surface area contributed by atoms with Crippen LogP contribution in [0.3, 0.4) is 0 Å². The topological polar surface area (TPSA) is 20.2 Å². The maximum Gasteiger partial charge on any atom is 0.0797 e. The van der Waals surface area contributed by atoms with Crippen molar-refractivity contribution in [3.63, 3.8) is 0 Å². The lowest BCUT2D eigenvalue weighted by Gasteiger charge is -2.20. The molecule has 0 aromatic heterocycles. The molecule has 1 aromatic rings. The molecule has 1 N–H and O–H groups in total. The molecule has 0 aliphatic rings. The highest BCUT2D eigenvalue weighted by molar-refractivity contribution is 5.38. The van der Waals surface area contributed by atoms with Crippen molar-refractivity contribution in [2.45, 2.75) is 60.0 Å². The Morgan fingerprint density at radius 2 is 1.65 bits per heavy atom. The molecule has 0 heterocycles. The Balaban J connectivity index is 2.85. The Bertz CT molecular complexity index is 345. The van der Waals surface area contributed by atoms with E-state index < -0.39 is 0 Å². The summed E-state index contributed by atoms with van der Waals surface area (Å²) in [4.78, 5) is 0. The fraction of sp³-hybridized carbons (Fsp3) is 0.625. The zero-order chi connectivity index (χ0) is 13.0. The number of rotatable bonds is 5. The molecule has 2 unspecified atom stereocenters. The van der Waals surface area contributed by atoms with E-state index in [4.69, 9.17) is 0 Å². The van der Waals surface area contributed by atoms with Gasteiger partial charge < -0.3 is 5.11 Å². The van der Waals surface area contributed by atoms with Crippen LogP contribution in [0.4, 0.5) is 0 Å². The first kappa shape index (κ1) is 14.2. The van der Waals surface area contributed by atoms with E-state index in [0.29, 0.717) is 5.92 Å². The SMILES string of the molecule is CCCC(C)CC(O)c1c(C)cc(C)cc1C. The molecule has 0 fully saturated rings. The van der Waals surface area contributed by atoms with Gasteiger partial charge in [-0.15, -0.1) is 0 Å². The van der Waals surface area contributed by atoms with E-state index in [0.717, 1.165) is 12.0 Å². The Morgan fingerprint density at radius 3 is 2.12 bits per heavy atom. The van der Waals surface area contributed by atoms with E-state index in [9.17, 15) is 5.11 Å². The van der Waals surface area contributed by atoms with Crippen LogP contribution in [0.2, 0.25) is 0 Å². The molecular weight excluding hydrogens is 208 g/mol. The van der Waals surface area contributed by atoms with E-state index in [1.165, 1.54) is 29.5 Å². The fourth-order valence-electron chi connectivity index (χ4n) is 2.83. The van der Waals surface area contributed by atoms with Gasteiger partial charge in [-0.3, -0.25) is 0 Å². The summed E-state index contributed by atoms with van der Waals surface area (Å²) in [7, 11) is 0. The number of aryl methyl sites for hydroxylation is 3. The Labute approximate surface area is 106 Å². The molecule has 0 aliphatic carbocycles. The summed E-state index contributed by atoms with van der Waals surface area (Å²) in [5.74, 6) is 0.593. The van der Waals surface area contributed by atoms with Crippen molar-refractivity contribution in [1.29, 1.82) is 0 Å². The summed E-state index contributed by atoms with van der Waals surface area (Å²) in [5, 5.41) is 10.4. The molecule has 1 nitrogen and oxygen atoms in total. The van der Waals surface area contributed by atoms with Crippen LogP contribution in [0.25, 0.3) is 0 Å². The summed E-state index contributed by atoms with van der Waals surface area (Å²) >= 11 is 0. The first-order chi connectivity index (χ1) is 7.95. The largest absolute Gasteiger partial charge is 0.388 e. The van der Waals surface area contributed by atoms with E-state index >= 15 is 0 Å². The number of hydrogen-bond donors (Lipinski definition) is 1. The Morgan fingerprint density at radius 1 is 1.12 bits per heavy atom. The van der Waals surface area contributed by atoms with Gasteiger partial charge in [0.15, 0.2) is 0 Å². The Kier molecular flexibility index (Phi) is 5.20. The van der Waals surface area contributed by atoms with E-state index in [-0.39, 0.29) is 6.10 Å². The molecule has 0 bridgehead atoms. The third-order valence-corrected chi connectivity index (χ3v) is 3.48. The zero-order valence-corrected chi connectivity index (χ0v) is 11.9. The summed E-state index contributed by atoms with van der Waals surface area (Å²) in [6.07, 6.45) is 2.96. The highest BCUT2D eigenvalue weighted by Crippen LogP contribution is 2.29. The molecule has 0 saturated carbocycles. The first-order valence-electron chi connectivity index (χ1n) is 6.71. The maximum atomic E-state index is 10.4. The second-order valence-corrected chi connectivity index (χ2v) is 5.46. The molecule has 0 radical (unpaired) electrons. The minimum atomic E-state index is -0.308. The molecule has 0 amide bonds. The van der Waals surface area contributed by atoms with E-state index in [1.54, 1.807) is 0 Å². The van der Waals surface area contributed by atoms with Crippen LogP contribution in [0.5, 0.6) is 0 Å². The van der Waals surface area contributed by atoms with Gasteiger partial charge in [-0.2, -0.15) is 0 Å². The average Bonchev–Trinajstić information content (AvgIpc) is 2.15. The summed E-state index contributed by atoms with van der Waals surface area (Å²) < 4.78 is 0. The summed E-state index contributed by atoms with van der Waals surface area (Å²) in [6, 6.07) is 4.33. The third-order valence-electron chi connectivity index (χ3n) is 3.48. The molecular formula is C16H26O. The lowest BCUT2D eigenvalue weighted by atomic mass is 9.89. The second-order valence-electron chi connectivity index (χ2n) is 5.46. The smallest absolute Gasteiger partial charge is 0.0797 e. The molecule has 96 valence electrons. The van der Waals surface area contributed by atoms with Gasteiger partial charge in [0.1, 0.15) is 0 Å². The molecule has 0 spiro atoms. The van der Waals surface area contributed by atoms with Crippen molar-refractivity contribution in [3.8, 4) is 0 Å².